The zero-order valence-corrected chi connectivity index (χ0v) is 6.25. The van der Waals surface area contributed by atoms with E-state index in [9.17, 15) is 10.0 Å². The summed E-state index contributed by atoms with van der Waals surface area (Å²) in [5.41, 5.74) is 0. The standard InChI is InChI=1S/C7H10N2O2/c10-7-3-1-5-9(7)6-2-4-8-11/h1-3,5-6H2. The first kappa shape index (κ1) is 7.86. The molecule has 0 aromatic carbocycles. The average molecular weight is 154 g/mol. The molecule has 0 bridgehead atoms. The molecule has 0 saturated carbocycles. The molecule has 4 nitrogen and oxygen atoms in total. The van der Waals surface area contributed by atoms with Crippen LogP contribution in [-0.4, -0.2) is 23.9 Å². The number of hydrogen-bond acceptors (Lipinski definition) is 2. The quantitative estimate of drug-likeness (QED) is 0.553. The SMILES string of the molecule is O=C1CCCN1CCC#[N+][O-]. The Hall–Kier alpha value is -1.24. The van der Waals surface area contributed by atoms with E-state index in [-0.39, 0.29) is 5.91 Å². The first-order valence-corrected chi connectivity index (χ1v) is 3.67. The van der Waals surface area contributed by atoms with Gasteiger partial charge in [-0.25, -0.2) is 0 Å². The Morgan fingerprint density at radius 3 is 3.09 bits per heavy atom. The molecule has 1 heterocycles. The second-order valence-electron chi connectivity index (χ2n) is 2.48. The maximum Gasteiger partial charge on any atom is 0.300 e. The van der Waals surface area contributed by atoms with Crippen LogP contribution < -0.4 is 0 Å². The van der Waals surface area contributed by atoms with E-state index in [1.165, 1.54) is 0 Å². The summed E-state index contributed by atoms with van der Waals surface area (Å²) in [7, 11) is 0. The van der Waals surface area contributed by atoms with Crippen LogP contribution in [0.2, 0.25) is 0 Å². The summed E-state index contributed by atoms with van der Waals surface area (Å²) < 4.78 is 0. The molecule has 0 aliphatic carbocycles. The Balaban J connectivity index is 2.24. The van der Waals surface area contributed by atoms with E-state index < -0.39 is 0 Å². The molecule has 60 valence electrons. The van der Waals surface area contributed by atoms with Crippen molar-refractivity contribution in [1.82, 2.24) is 4.90 Å². The zero-order valence-electron chi connectivity index (χ0n) is 6.25. The maximum absolute atomic E-state index is 11.0. The molecule has 0 atom stereocenters. The van der Waals surface area contributed by atoms with Gasteiger partial charge in [-0.1, -0.05) is 0 Å². The molecular formula is C7H10N2O2. The van der Waals surface area contributed by atoms with Gasteiger partial charge in [-0.05, 0) is 6.42 Å². The van der Waals surface area contributed by atoms with E-state index in [0.717, 1.165) is 13.0 Å². The van der Waals surface area contributed by atoms with Gasteiger partial charge in [0.15, 0.2) is 0 Å². The van der Waals surface area contributed by atoms with Crippen LogP contribution in [-0.2, 0) is 4.79 Å². The van der Waals surface area contributed by atoms with E-state index in [4.69, 9.17) is 0 Å². The normalized spacial score (nSPS) is 16.4. The van der Waals surface area contributed by atoms with E-state index >= 15 is 0 Å². The van der Waals surface area contributed by atoms with Crippen molar-refractivity contribution in [3.63, 3.8) is 0 Å². The van der Waals surface area contributed by atoms with Gasteiger partial charge in [0, 0.05) is 24.5 Å². The van der Waals surface area contributed by atoms with Gasteiger partial charge in [0.25, 0.3) is 6.07 Å². The predicted molar refractivity (Wildman–Crippen MR) is 41.0 cm³/mol. The fraction of sp³-hybridized carbons (Fsp3) is 0.714. The van der Waals surface area contributed by atoms with Crippen LogP contribution in [0.4, 0.5) is 0 Å². The summed E-state index contributed by atoms with van der Waals surface area (Å²) in [6, 6.07) is 2.27. The lowest BCUT2D eigenvalue weighted by atomic mass is 10.4. The van der Waals surface area contributed by atoms with Crippen molar-refractivity contribution in [2.24, 2.45) is 0 Å². The molecule has 1 aliphatic heterocycles. The van der Waals surface area contributed by atoms with Gasteiger partial charge in [-0.2, -0.15) is 0 Å². The van der Waals surface area contributed by atoms with E-state index in [2.05, 4.69) is 11.1 Å². The van der Waals surface area contributed by atoms with Crippen LogP contribution in [0.15, 0.2) is 0 Å². The minimum absolute atomic E-state index is 0.178. The van der Waals surface area contributed by atoms with Crippen LogP contribution in [0.25, 0.3) is 5.01 Å². The highest BCUT2D eigenvalue weighted by Crippen LogP contribution is 2.08. The number of likely N-dealkylation sites (tertiary alicyclic amines) is 1. The van der Waals surface area contributed by atoms with Gasteiger partial charge in [-0.3, -0.25) is 4.79 Å². The molecular weight excluding hydrogens is 144 g/mol. The largest absolute Gasteiger partial charge is 0.498 e. The minimum Gasteiger partial charge on any atom is -0.498 e. The van der Waals surface area contributed by atoms with Crippen LogP contribution >= 0.6 is 0 Å². The molecule has 0 aromatic rings. The molecule has 1 fully saturated rings. The van der Waals surface area contributed by atoms with Crippen molar-refractivity contribution in [2.75, 3.05) is 13.1 Å². The summed E-state index contributed by atoms with van der Waals surface area (Å²) in [4.78, 5) is 12.7. The molecule has 1 rings (SSSR count). The second kappa shape index (κ2) is 3.81. The number of rotatable bonds is 2. The van der Waals surface area contributed by atoms with E-state index in [1.54, 1.807) is 4.90 Å². The van der Waals surface area contributed by atoms with E-state index in [1.807, 2.05) is 0 Å². The van der Waals surface area contributed by atoms with Gasteiger partial charge in [0.1, 0.15) is 6.42 Å². The number of nitrogens with zero attached hydrogens (tertiary/aromatic N) is 2. The van der Waals surface area contributed by atoms with Crippen LogP contribution in [0.5, 0.6) is 0 Å². The fourth-order valence-corrected chi connectivity index (χ4v) is 1.17. The lowest BCUT2D eigenvalue weighted by Crippen LogP contribution is -2.25. The zero-order chi connectivity index (χ0) is 8.10. The predicted octanol–water partition coefficient (Wildman–Crippen LogP) is 0.830. The Morgan fingerprint density at radius 2 is 2.55 bits per heavy atom. The fourth-order valence-electron chi connectivity index (χ4n) is 1.17. The summed E-state index contributed by atoms with van der Waals surface area (Å²) in [5.74, 6) is 0.178. The maximum atomic E-state index is 11.0. The smallest absolute Gasteiger partial charge is 0.300 e. The van der Waals surface area contributed by atoms with Crippen molar-refractivity contribution >= 4 is 5.91 Å². The highest BCUT2D eigenvalue weighted by Gasteiger charge is 2.19. The van der Waals surface area contributed by atoms with Gasteiger partial charge in [0.2, 0.25) is 5.91 Å². The average Bonchev–Trinajstić information content (AvgIpc) is 2.37. The topological polar surface area (TPSA) is 47.7 Å². The number of hydrogen-bond donors (Lipinski definition) is 0. The third kappa shape index (κ3) is 2.11. The number of carbonyl (C=O) groups excluding carboxylic acids is 1. The van der Waals surface area contributed by atoms with Crippen LogP contribution in [0, 0.1) is 11.3 Å². The number of carbonyl (C=O) groups is 1. The first-order chi connectivity index (χ1) is 5.34. The van der Waals surface area contributed by atoms with Crippen LogP contribution in [0.1, 0.15) is 19.3 Å². The molecule has 1 saturated heterocycles. The molecule has 4 heteroatoms. The summed E-state index contributed by atoms with van der Waals surface area (Å²) in [6.07, 6.45) is 2.04. The lowest BCUT2D eigenvalue weighted by Gasteiger charge is -2.11. The first-order valence-electron chi connectivity index (χ1n) is 3.67. The van der Waals surface area contributed by atoms with Crippen molar-refractivity contribution in [3.05, 3.63) is 10.2 Å². The van der Waals surface area contributed by atoms with Gasteiger partial charge >= 0.3 is 0 Å². The van der Waals surface area contributed by atoms with Gasteiger partial charge in [0.05, 0.1) is 0 Å². The van der Waals surface area contributed by atoms with Crippen molar-refractivity contribution in [1.29, 1.82) is 0 Å². The van der Waals surface area contributed by atoms with Crippen LogP contribution in [0.3, 0.4) is 0 Å². The van der Waals surface area contributed by atoms with Crippen molar-refractivity contribution in [2.45, 2.75) is 19.3 Å². The second-order valence-corrected chi connectivity index (χ2v) is 2.48. The lowest BCUT2D eigenvalue weighted by molar-refractivity contribution is -0.127. The van der Waals surface area contributed by atoms with Crippen molar-refractivity contribution in [3.8, 4) is 6.07 Å². The Morgan fingerprint density at radius 1 is 1.73 bits per heavy atom. The molecule has 0 unspecified atom stereocenters. The highest BCUT2D eigenvalue weighted by molar-refractivity contribution is 5.78. The Labute approximate surface area is 65.2 Å². The Bertz CT molecular complexity index is 204. The molecule has 0 N–H and O–H groups in total. The third-order valence-electron chi connectivity index (χ3n) is 1.73. The Kier molecular flexibility index (Phi) is 2.73. The molecule has 1 amide bonds. The highest BCUT2D eigenvalue weighted by atomic mass is 16.4. The molecule has 0 aromatic heterocycles. The van der Waals surface area contributed by atoms with Gasteiger partial charge < -0.3 is 10.1 Å². The molecule has 0 radical (unpaired) electrons. The summed E-state index contributed by atoms with van der Waals surface area (Å²) in [5, 5.41) is 12.1. The molecule has 1 aliphatic rings. The van der Waals surface area contributed by atoms with Crippen molar-refractivity contribution < 1.29 is 4.79 Å². The third-order valence-corrected chi connectivity index (χ3v) is 1.73. The monoisotopic (exact) mass is 154 g/mol. The minimum atomic E-state index is 0.178. The summed E-state index contributed by atoms with van der Waals surface area (Å²) >= 11 is 0. The van der Waals surface area contributed by atoms with E-state index in [0.29, 0.717) is 19.4 Å². The summed E-state index contributed by atoms with van der Waals surface area (Å²) in [6.45, 7) is 1.41. The molecule has 0 spiro atoms. The molecule has 11 heavy (non-hydrogen) atoms. The number of amides is 1. The van der Waals surface area contributed by atoms with Gasteiger partial charge in [-0.15, -0.1) is 0 Å².